The molecule has 1 fully saturated rings. The van der Waals surface area contributed by atoms with Crippen molar-refractivity contribution in [1.29, 1.82) is 0 Å². The zero-order valence-electron chi connectivity index (χ0n) is 10.3. The lowest BCUT2D eigenvalue weighted by Gasteiger charge is -2.23. The number of aliphatic hydroxyl groups excluding tert-OH is 1. The van der Waals surface area contributed by atoms with Crippen LogP contribution in [0.15, 0.2) is 48.5 Å². The Morgan fingerprint density at radius 2 is 1.63 bits per heavy atom. The highest BCUT2D eigenvalue weighted by molar-refractivity contribution is 6.42. The van der Waals surface area contributed by atoms with Crippen LogP contribution in [0.4, 0.5) is 0 Å². The Kier molecular flexibility index (Phi) is 3.30. The summed E-state index contributed by atoms with van der Waals surface area (Å²) in [6.45, 7) is 0. The van der Waals surface area contributed by atoms with Gasteiger partial charge >= 0.3 is 0 Å². The Bertz CT molecular complexity index is 591. The first kappa shape index (κ1) is 13.0. The molecule has 0 heterocycles. The van der Waals surface area contributed by atoms with E-state index in [9.17, 15) is 5.11 Å². The molecular formula is C16H14Cl2O. The molecule has 0 saturated heterocycles. The van der Waals surface area contributed by atoms with Crippen molar-refractivity contribution in [3.63, 3.8) is 0 Å². The smallest absolute Gasteiger partial charge is 0.0887 e. The van der Waals surface area contributed by atoms with Crippen LogP contribution < -0.4 is 0 Å². The second-order valence-electron chi connectivity index (χ2n) is 5.10. The highest BCUT2D eigenvalue weighted by atomic mass is 35.5. The highest BCUT2D eigenvalue weighted by Crippen LogP contribution is 2.56. The van der Waals surface area contributed by atoms with Crippen molar-refractivity contribution in [2.45, 2.75) is 24.4 Å². The van der Waals surface area contributed by atoms with Gasteiger partial charge in [0, 0.05) is 5.41 Å². The molecule has 98 valence electrons. The zero-order valence-corrected chi connectivity index (χ0v) is 11.8. The Morgan fingerprint density at radius 3 is 2.21 bits per heavy atom. The first-order valence-corrected chi connectivity index (χ1v) is 7.08. The van der Waals surface area contributed by atoms with Gasteiger partial charge in [-0.2, -0.15) is 0 Å². The monoisotopic (exact) mass is 292 g/mol. The number of hydrogen-bond acceptors (Lipinski definition) is 1. The van der Waals surface area contributed by atoms with Gasteiger partial charge in [0.05, 0.1) is 16.1 Å². The van der Waals surface area contributed by atoms with E-state index >= 15 is 0 Å². The third-order valence-electron chi connectivity index (χ3n) is 3.92. The molecule has 19 heavy (non-hydrogen) atoms. The molecular weight excluding hydrogens is 279 g/mol. The van der Waals surface area contributed by atoms with E-state index < -0.39 is 6.10 Å². The van der Waals surface area contributed by atoms with Crippen LogP contribution in [-0.2, 0) is 5.41 Å². The van der Waals surface area contributed by atoms with E-state index in [0.29, 0.717) is 10.0 Å². The van der Waals surface area contributed by atoms with Crippen LogP contribution in [-0.4, -0.2) is 5.11 Å². The predicted molar refractivity (Wildman–Crippen MR) is 78.8 cm³/mol. The largest absolute Gasteiger partial charge is 0.387 e. The predicted octanol–water partition coefficient (Wildman–Crippen LogP) is 4.76. The normalized spacial score (nSPS) is 18.1. The third kappa shape index (κ3) is 2.27. The summed E-state index contributed by atoms with van der Waals surface area (Å²) < 4.78 is 0. The lowest BCUT2D eigenvalue weighted by atomic mass is 9.86. The standard InChI is InChI=1S/C16H14Cl2O/c17-13-7-6-11(10-14(13)18)15(19)16(8-9-16)12-4-2-1-3-5-12/h1-7,10,15,19H,8-9H2. The number of aliphatic hydroxyl groups is 1. The number of halogens is 2. The topological polar surface area (TPSA) is 20.2 Å². The summed E-state index contributed by atoms with van der Waals surface area (Å²) in [5.41, 5.74) is 1.86. The van der Waals surface area contributed by atoms with Crippen molar-refractivity contribution in [3.8, 4) is 0 Å². The van der Waals surface area contributed by atoms with Crippen molar-refractivity contribution >= 4 is 23.2 Å². The van der Waals surface area contributed by atoms with Gasteiger partial charge in [0.25, 0.3) is 0 Å². The fourth-order valence-corrected chi connectivity index (χ4v) is 2.93. The van der Waals surface area contributed by atoms with E-state index in [1.54, 1.807) is 12.1 Å². The maximum Gasteiger partial charge on any atom is 0.0887 e. The van der Waals surface area contributed by atoms with Crippen molar-refractivity contribution in [1.82, 2.24) is 0 Å². The average molecular weight is 293 g/mol. The molecule has 0 aromatic heterocycles. The Labute approximate surface area is 122 Å². The Morgan fingerprint density at radius 1 is 0.947 bits per heavy atom. The van der Waals surface area contributed by atoms with Gasteiger partial charge in [-0.1, -0.05) is 59.6 Å². The highest BCUT2D eigenvalue weighted by Gasteiger charge is 2.50. The van der Waals surface area contributed by atoms with Gasteiger partial charge in [-0.05, 0) is 36.1 Å². The van der Waals surface area contributed by atoms with Crippen LogP contribution in [0.3, 0.4) is 0 Å². The molecule has 1 nitrogen and oxygen atoms in total. The van der Waals surface area contributed by atoms with Crippen LogP contribution in [0.5, 0.6) is 0 Å². The van der Waals surface area contributed by atoms with Gasteiger partial charge in [0.1, 0.15) is 0 Å². The SMILES string of the molecule is OC(c1ccc(Cl)c(Cl)c1)C1(c2ccccc2)CC1. The molecule has 0 bridgehead atoms. The summed E-state index contributed by atoms with van der Waals surface area (Å²) in [4.78, 5) is 0. The molecule has 0 amide bonds. The molecule has 2 aromatic carbocycles. The molecule has 0 aliphatic heterocycles. The Hall–Kier alpha value is -1.02. The maximum atomic E-state index is 10.7. The van der Waals surface area contributed by atoms with Crippen molar-refractivity contribution in [3.05, 3.63) is 69.7 Å². The van der Waals surface area contributed by atoms with E-state index in [1.807, 2.05) is 24.3 Å². The molecule has 0 spiro atoms. The van der Waals surface area contributed by atoms with Crippen molar-refractivity contribution in [2.24, 2.45) is 0 Å². The van der Waals surface area contributed by atoms with E-state index in [-0.39, 0.29) is 5.41 Å². The molecule has 3 heteroatoms. The lowest BCUT2D eigenvalue weighted by Crippen LogP contribution is -2.18. The first-order chi connectivity index (χ1) is 9.13. The molecule has 1 saturated carbocycles. The molecule has 1 aliphatic rings. The second-order valence-corrected chi connectivity index (χ2v) is 5.91. The zero-order chi connectivity index (χ0) is 13.5. The maximum absolute atomic E-state index is 10.7. The molecule has 1 aliphatic carbocycles. The van der Waals surface area contributed by atoms with E-state index in [4.69, 9.17) is 23.2 Å². The summed E-state index contributed by atoms with van der Waals surface area (Å²) in [5, 5.41) is 11.7. The van der Waals surface area contributed by atoms with Gasteiger partial charge in [0.2, 0.25) is 0 Å². The number of hydrogen-bond donors (Lipinski definition) is 1. The fourth-order valence-electron chi connectivity index (χ4n) is 2.63. The summed E-state index contributed by atoms with van der Waals surface area (Å²) in [5.74, 6) is 0. The van der Waals surface area contributed by atoms with Crippen molar-refractivity contribution in [2.75, 3.05) is 0 Å². The van der Waals surface area contributed by atoms with E-state index in [2.05, 4.69) is 12.1 Å². The van der Waals surface area contributed by atoms with Crippen LogP contribution in [0, 0.1) is 0 Å². The minimum Gasteiger partial charge on any atom is -0.387 e. The summed E-state index contributed by atoms with van der Waals surface area (Å²) in [7, 11) is 0. The first-order valence-electron chi connectivity index (χ1n) is 6.32. The minimum atomic E-state index is -0.537. The van der Waals surface area contributed by atoms with Crippen LogP contribution in [0.1, 0.15) is 30.1 Å². The number of rotatable bonds is 3. The quantitative estimate of drug-likeness (QED) is 0.865. The summed E-state index contributed by atoms with van der Waals surface area (Å²) in [6.07, 6.45) is 1.46. The summed E-state index contributed by atoms with van der Waals surface area (Å²) >= 11 is 12.0. The molecule has 1 N–H and O–H groups in total. The van der Waals surface area contributed by atoms with Crippen LogP contribution in [0.25, 0.3) is 0 Å². The molecule has 1 atom stereocenters. The molecule has 1 unspecified atom stereocenters. The molecule has 3 rings (SSSR count). The van der Waals surface area contributed by atoms with Crippen LogP contribution >= 0.6 is 23.2 Å². The third-order valence-corrected chi connectivity index (χ3v) is 4.66. The molecule has 0 radical (unpaired) electrons. The summed E-state index contributed by atoms with van der Waals surface area (Å²) in [6, 6.07) is 15.5. The average Bonchev–Trinajstić information content (AvgIpc) is 3.24. The van der Waals surface area contributed by atoms with E-state index in [0.717, 1.165) is 18.4 Å². The van der Waals surface area contributed by atoms with Gasteiger partial charge < -0.3 is 5.11 Å². The van der Waals surface area contributed by atoms with E-state index in [1.165, 1.54) is 5.56 Å². The minimum absolute atomic E-state index is 0.154. The van der Waals surface area contributed by atoms with Gasteiger partial charge in [-0.15, -0.1) is 0 Å². The number of benzene rings is 2. The molecule has 2 aromatic rings. The van der Waals surface area contributed by atoms with Gasteiger partial charge in [-0.25, -0.2) is 0 Å². The van der Waals surface area contributed by atoms with Crippen LogP contribution in [0.2, 0.25) is 10.0 Å². The second kappa shape index (κ2) is 4.82. The fraction of sp³-hybridized carbons (Fsp3) is 0.250. The lowest BCUT2D eigenvalue weighted by molar-refractivity contribution is 0.133. The van der Waals surface area contributed by atoms with Gasteiger partial charge in [0.15, 0.2) is 0 Å². The Balaban J connectivity index is 1.96. The van der Waals surface area contributed by atoms with Gasteiger partial charge in [-0.3, -0.25) is 0 Å². The van der Waals surface area contributed by atoms with Crippen molar-refractivity contribution < 1.29 is 5.11 Å².